The zero-order valence-electron chi connectivity index (χ0n) is 8.03. The highest BCUT2D eigenvalue weighted by molar-refractivity contribution is 5.82. The standard InChI is InChI=1S/C8H15N5O/c1-5(7-3-11-4-12-7)13-8(14)6(10)2-9/h3-6H,2,9-10H2,1H3,(H,11,12)(H,13,14). The van der Waals surface area contributed by atoms with E-state index in [9.17, 15) is 4.79 Å². The fourth-order valence-electron chi connectivity index (χ4n) is 1.01. The predicted octanol–water partition coefficient (Wildman–Crippen LogP) is -1.13. The van der Waals surface area contributed by atoms with Crippen molar-refractivity contribution in [3.63, 3.8) is 0 Å². The maximum Gasteiger partial charge on any atom is 0.238 e. The SMILES string of the molecule is CC(NC(=O)C(N)CN)c1cnc[nH]1. The van der Waals surface area contributed by atoms with E-state index in [2.05, 4.69) is 15.3 Å². The number of carbonyl (C=O) groups is 1. The van der Waals surface area contributed by atoms with Crippen LogP contribution in [0.25, 0.3) is 0 Å². The average Bonchev–Trinajstić information content (AvgIpc) is 2.69. The minimum atomic E-state index is -0.652. The van der Waals surface area contributed by atoms with Crippen molar-refractivity contribution in [2.75, 3.05) is 6.54 Å². The summed E-state index contributed by atoms with van der Waals surface area (Å²) in [6.07, 6.45) is 3.21. The van der Waals surface area contributed by atoms with E-state index >= 15 is 0 Å². The van der Waals surface area contributed by atoms with E-state index in [4.69, 9.17) is 11.5 Å². The van der Waals surface area contributed by atoms with Crippen LogP contribution >= 0.6 is 0 Å². The van der Waals surface area contributed by atoms with Gasteiger partial charge in [0.25, 0.3) is 0 Å². The van der Waals surface area contributed by atoms with Crippen LogP contribution in [0.4, 0.5) is 0 Å². The summed E-state index contributed by atoms with van der Waals surface area (Å²) in [5.74, 6) is -0.255. The molecule has 0 aliphatic carbocycles. The molecule has 2 atom stereocenters. The first kappa shape index (κ1) is 10.7. The smallest absolute Gasteiger partial charge is 0.238 e. The van der Waals surface area contributed by atoms with Gasteiger partial charge in [0.15, 0.2) is 0 Å². The van der Waals surface area contributed by atoms with E-state index in [1.54, 1.807) is 12.5 Å². The molecule has 0 bridgehead atoms. The molecule has 1 rings (SSSR count). The molecule has 1 aromatic heterocycles. The fraction of sp³-hybridized carbons (Fsp3) is 0.500. The van der Waals surface area contributed by atoms with Crippen LogP contribution < -0.4 is 16.8 Å². The number of aromatic nitrogens is 2. The third kappa shape index (κ3) is 2.54. The second kappa shape index (κ2) is 4.73. The second-order valence-corrected chi connectivity index (χ2v) is 3.08. The Kier molecular flexibility index (Phi) is 3.61. The number of aromatic amines is 1. The van der Waals surface area contributed by atoms with Gasteiger partial charge in [-0.05, 0) is 6.92 Å². The molecule has 0 aliphatic heterocycles. The zero-order chi connectivity index (χ0) is 10.6. The molecule has 0 saturated carbocycles. The van der Waals surface area contributed by atoms with Crippen molar-refractivity contribution in [2.45, 2.75) is 19.0 Å². The molecule has 0 spiro atoms. The fourth-order valence-corrected chi connectivity index (χ4v) is 1.01. The van der Waals surface area contributed by atoms with Gasteiger partial charge in [0, 0.05) is 6.54 Å². The van der Waals surface area contributed by atoms with Crippen LogP contribution in [0.2, 0.25) is 0 Å². The van der Waals surface area contributed by atoms with Gasteiger partial charge in [-0.25, -0.2) is 4.98 Å². The number of nitrogens with two attached hydrogens (primary N) is 2. The Hall–Kier alpha value is -1.40. The van der Waals surface area contributed by atoms with Gasteiger partial charge in [0.2, 0.25) is 5.91 Å². The number of rotatable bonds is 4. The largest absolute Gasteiger partial charge is 0.347 e. The monoisotopic (exact) mass is 197 g/mol. The number of amides is 1. The third-order valence-electron chi connectivity index (χ3n) is 1.94. The Morgan fingerprint density at radius 3 is 3.00 bits per heavy atom. The predicted molar refractivity (Wildman–Crippen MR) is 52.2 cm³/mol. The summed E-state index contributed by atoms with van der Waals surface area (Å²) in [6, 6.07) is -0.789. The van der Waals surface area contributed by atoms with Crippen molar-refractivity contribution >= 4 is 5.91 Å². The third-order valence-corrected chi connectivity index (χ3v) is 1.94. The lowest BCUT2D eigenvalue weighted by atomic mass is 10.2. The molecule has 1 aromatic rings. The van der Waals surface area contributed by atoms with Gasteiger partial charge >= 0.3 is 0 Å². The van der Waals surface area contributed by atoms with Crippen LogP contribution in [0.1, 0.15) is 18.7 Å². The van der Waals surface area contributed by atoms with E-state index in [-0.39, 0.29) is 18.5 Å². The Morgan fingerprint density at radius 1 is 1.79 bits per heavy atom. The minimum absolute atomic E-state index is 0.136. The van der Waals surface area contributed by atoms with Crippen LogP contribution in [0.3, 0.4) is 0 Å². The van der Waals surface area contributed by atoms with Crippen LogP contribution in [-0.2, 0) is 4.79 Å². The van der Waals surface area contributed by atoms with Gasteiger partial charge < -0.3 is 21.8 Å². The molecule has 0 aliphatic rings. The Labute approximate surface area is 82.1 Å². The molecule has 0 saturated heterocycles. The highest BCUT2D eigenvalue weighted by Crippen LogP contribution is 2.06. The van der Waals surface area contributed by atoms with Crippen molar-refractivity contribution in [2.24, 2.45) is 11.5 Å². The second-order valence-electron chi connectivity index (χ2n) is 3.08. The lowest BCUT2D eigenvalue weighted by Gasteiger charge is -2.14. The first-order chi connectivity index (χ1) is 6.65. The molecule has 0 aromatic carbocycles. The summed E-state index contributed by atoms with van der Waals surface area (Å²) >= 11 is 0. The number of nitrogens with one attached hydrogen (secondary N) is 2. The molecule has 6 N–H and O–H groups in total. The Morgan fingerprint density at radius 2 is 2.50 bits per heavy atom. The van der Waals surface area contributed by atoms with Crippen molar-refractivity contribution < 1.29 is 4.79 Å². The first-order valence-corrected chi connectivity index (χ1v) is 4.39. The van der Waals surface area contributed by atoms with E-state index < -0.39 is 6.04 Å². The molecular formula is C8H15N5O. The number of carbonyl (C=O) groups excluding carboxylic acids is 1. The molecule has 1 amide bonds. The summed E-state index contributed by atoms with van der Waals surface area (Å²) in [6.45, 7) is 1.98. The van der Waals surface area contributed by atoms with Gasteiger partial charge in [0.1, 0.15) is 0 Å². The van der Waals surface area contributed by atoms with Gasteiger partial charge in [-0.3, -0.25) is 4.79 Å². The maximum atomic E-state index is 11.3. The molecule has 1 heterocycles. The number of hydrogen-bond donors (Lipinski definition) is 4. The summed E-state index contributed by atoms with van der Waals surface area (Å²) in [5, 5.41) is 2.72. The summed E-state index contributed by atoms with van der Waals surface area (Å²) in [4.78, 5) is 18.1. The van der Waals surface area contributed by atoms with Crippen molar-refractivity contribution in [3.05, 3.63) is 18.2 Å². The summed E-state index contributed by atoms with van der Waals surface area (Å²) < 4.78 is 0. The van der Waals surface area contributed by atoms with Gasteiger partial charge in [0.05, 0.1) is 30.3 Å². The van der Waals surface area contributed by atoms with E-state index in [1.807, 2.05) is 6.92 Å². The van der Waals surface area contributed by atoms with Crippen LogP contribution in [0.5, 0.6) is 0 Å². The molecule has 0 radical (unpaired) electrons. The summed E-state index contributed by atoms with van der Waals surface area (Å²) in [5.41, 5.74) is 11.6. The van der Waals surface area contributed by atoms with Crippen LogP contribution in [0, 0.1) is 0 Å². The summed E-state index contributed by atoms with van der Waals surface area (Å²) in [7, 11) is 0. The Balaban J connectivity index is 2.49. The molecule has 6 nitrogen and oxygen atoms in total. The number of imidazole rings is 1. The molecule has 0 fully saturated rings. The van der Waals surface area contributed by atoms with Crippen molar-refractivity contribution in [1.82, 2.24) is 15.3 Å². The van der Waals surface area contributed by atoms with Gasteiger partial charge in [-0.2, -0.15) is 0 Å². The molecular weight excluding hydrogens is 182 g/mol. The normalized spacial score (nSPS) is 14.8. The Bertz CT molecular complexity index is 284. The number of hydrogen-bond acceptors (Lipinski definition) is 4. The van der Waals surface area contributed by atoms with E-state index in [0.29, 0.717) is 0 Å². The van der Waals surface area contributed by atoms with Gasteiger partial charge in [-0.1, -0.05) is 0 Å². The van der Waals surface area contributed by atoms with Crippen LogP contribution in [-0.4, -0.2) is 28.5 Å². The average molecular weight is 197 g/mol. The van der Waals surface area contributed by atoms with E-state index in [0.717, 1.165) is 5.69 Å². The maximum absolute atomic E-state index is 11.3. The molecule has 14 heavy (non-hydrogen) atoms. The van der Waals surface area contributed by atoms with Crippen LogP contribution in [0.15, 0.2) is 12.5 Å². The zero-order valence-corrected chi connectivity index (χ0v) is 8.03. The number of nitrogens with zero attached hydrogens (tertiary/aromatic N) is 1. The molecule has 6 heteroatoms. The first-order valence-electron chi connectivity index (χ1n) is 4.39. The number of H-pyrrole nitrogens is 1. The lowest BCUT2D eigenvalue weighted by molar-refractivity contribution is -0.122. The minimum Gasteiger partial charge on any atom is -0.347 e. The van der Waals surface area contributed by atoms with Crippen molar-refractivity contribution in [3.8, 4) is 0 Å². The lowest BCUT2D eigenvalue weighted by Crippen LogP contribution is -2.46. The highest BCUT2D eigenvalue weighted by atomic mass is 16.2. The molecule has 78 valence electrons. The topological polar surface area (TPSA) is 110 Å². The van der Waals surface area contributed by atoms with E-state index in [1.165, 1.54) is 0 Å². The molecule has 2 unspecified atom stereocenters. The van der Waals surface area contributed by atoms with Crippen molar-refractivity contribution in [1.29, 1.82) is 0 Å². The quantitative estimate of drug-likeness (QED) is 0.489. The van der Waals surface area contributed by atoms with Gasteiger partial charge in [-0.15, -0.1) is 0 Å². The highest BCUT2D eigenvalue weighted by Gasteiger charge is 2.15.